The van der Waals surface area contributed by atoms with E-state index in [0.29, 0.717) is 19.5 Å². The van der Waals surface area contributed by atoms with E-state index >= 15 is 0 Å². The Bertz CT molecular complexity index is 885. The second-order valence-electron chi connectivity index (χ2n) is 6.64. The molecule has 0 saturated carbocycles. The molecule has 0 radical (unpaired) electrons. The second-order valence-corrected chi connectivity index (χ2v) is 9.03. The maximum absolute atomic E-state index is 12.3. The minimum atomic E-state index is -4.68. The Morgan fingerprint density at radius 2 is 1.86 bits per heavy atom. The van der Waals surface area contributed by atoms with E-state index in [4.69, 9.17) is 0 Å². The van der Waals surface area contributed by atoms with Crippen LogP contribution in [0.25, 0.3) is 0 Å². The number of hydrogen-bond donors (Lipinski definition) is 0. The highest BCUT2D eigenvalue weighted by Crippen LogP contribution is 2.28. The summed E-state index contributed by atoms with van der Waals surface area (Å²) in [5, 5.41) is 1.98. The largest absolute Gasteiger partial charge is 0.573 e. The Kier molecular flexibility index (Phi) is 6.89. The number of nitrogens with zero attached hydrogens (tertiary/aromatic N) is 3. The number of hydrogen-bond acceptors (Lipinski definition) is 6. The fourth-order valence-electron chi connectivity index (χ4n) is 2.79. The van der Waals surface area contributed by atoms with Crippen molar-refractivity contribution in [3.63, 3.8) is 0 Å². The van der Waals surface area contributed by atoms with Gasteiger partial charge in [0.1, 0.15) is 5.75 Å². The monoisotopic (exact) mass is 441 g/mol. The lowest BCUT2D eigenvalue weighted by Crippen LogP contribution is -2.28. The average Bonchev–Trinajstić information content (AvgIpc) is 2.97. The maximum atomic E-state index is 12.3. The molecular weight excluding hydrogens is 419 g/mol. The second kappa shape index (κ2) is 9.21. The predicted octanol–water partition coefficient (Wildman–Crippen LogP) is 5.76. The van der Waals surface area contributed by atoms with Crippen molar-refractivity contribution in [3.8, 4) is 5.75 Å². The zero-order chi connectivity index (χ0) is 21.0. The molecule has 0 aliphatic carbocycles. The molecule has 0 bridgehead atoms. The number of benzene rings is 1. The first-order valence-electron chi connectivity index (χ1n) is 9.10. The summed E-state index contributed by atoms with van der Waals surface area (Å²) in [5.41, 5.74) is 2.96. The molecule has 29 heavy (non-hydrogen) atoms. The lowest BCUT2D eigenvalue weighted by Gasteiger charge is -2.23. The molecule has 0 amide bonds. The molecule has 2 aromatic rings. The van der Waals surface area contributed by atoms with Crippen molar-refractivity contribution in [1.29, 1.82) is 0 Å². The van der Waals surface area contributed by atoms with E-state index in [1.807, 2.05) is 20.8 Å². The predicted molar refractivity (Wildman–Crippen MR) is 114 cm³/mol. The number of aliphatic imine (C=N–C) groups is 1. The van der Waals surface area contributed by atoms with Crippen LogP contribution in [0.1, 0.15) is 23.1 Å². The van der Waals surface area contributed by atoms with Crippen LogP contribution in [0.2, 0.25) is 0 Å². The molecule has 4 nitrogen and oxygen atoms in total. The van der Waals surface area contributed by atoms with E-state index in [2.05, 4.69) is 25.7 Å². The molecular formula is C20H22F3N3OS2. The first-order valence-corrected chi connectivity index (χ1v) is 10.9. The number of ether oxygens (including phenoxy) is 1. The molecule has 1 aliphatic rings. The first kappa shape index (κ1) is 21.7. The summed E-state index contributed by atoms with van der Waals surface area (Å²) < 4.78 is 40.9. The van der Waals surface area contributed by atoms with Crippen molar-refractivity contribution in [2.24, 2.45) is 4.99 Å². The Morgan fingerprint density at radius 1 is 1.14 bits per heavy atom. The van der Waals surface area contributed by atoms with E-state index in [1.165, 1.54) is 17.0 Å². The van der Waals surface area contributed by atoms with Crippen LogP contribution < -0.4 is 9.64 Å². The molecule has 9 heteroatoms. The molecule has 156 valence electrons. The Balaban J connectivity index is 1.70. The number of halogens is 3. The SMILES string of the molecule is CC1=NC(CN(CCc2ccc(OC(F)(F)F)cc2)c2nc(C)c(C)s2)=CCS1. The summed E-state index contributed by atoms with van der Waals surface area (Å²) in [6.07, 6.45) is -1.88. The molecule has 1 aromatic carbocycles. The van der Waals surface area contributed by atoms with Gasteiger partial charge in [-0.25, -0.2) is 9.98 Å². The highest BCUT2D eigenvalue weighted by Gasteiger charge is 2.30. The number of aryl methyl sites for hydroxylation is 2. The fourth-order valence-corrected chi connectivity index (χ4v) is 4.42. The third-order valence-corrected chi connectivity index (χ3v) is 6.36. The molecule has 0 N–H and O–H groups in total. The van der Waals surface area contributed by atoms with E-state index in [-0.39, 0.29) is 5.75 Å². The Morgan fingerprint density at radius 3 is 2.45 bits per heavy atom. The van der Waals surface area contributed by atoms with Crippen LogP contribution in [0, 0.1) is 13.8 Å². The van der Waals surface area contributed by atoms with Gasteiger partial charge in [0.2, 0.25) is 0 Å². The van der Waals surface area contributed by atoms with E-state index in [1.54, 1.807) is 35.2 Å². The van der Waals surface area contributed by atoms with Gasteiger partial charge in [0.05, 0.1) is 23.0 Å². The number of alkyl halides is 3. The minimum Gasteiger partial charge on any atom is -0.406 e. The molecule has 3 rings (SSSR count). The van der Waals surface area contributed by atoms with Crippen LogP contribution in [0.15, 0.2) is 41.0 Å². The van der Waals surface area contributed by atoms with Gasteiger partial charge in [-0.1, -0.05) is 18.2 Å². The van der Waals surface area contributed by atoms with Crippen LogP contribution in [-0.2, 0) is 6.42 Å². The maximum Gasteiger partial charge on any atom is 0.573 e. The minimum absolute atomic E-state index is 0.209. The average molecular weight is 442 g/mol. The number of aromatic nitrogens is 1. The first-order chi connectivity index (χ1) is 13.7. The molecule has 2 heterocycles. The lowest BCUT2D eigenvalue weighted by molar-refractivity contribution is -0.274. The Hall–Kier alpha value is -2.00. The van der Waals surface area contributed by atoms with Crippen LogP contribution in [0.4, 0.5) is 18.3 Å². The van der Waals surface area contributed by atoms with Crippen molar-refractivity contribution >= 4 is 33.3 Å². The standard InChI is InChI=1S/C20H22F3N3OS2/c1-13-14(2)29-19(24-13)26(12-17-9-11-28-15(3)25-17)10-8-16-4-6-18(7-5-16)27-20(21,22)23/h4-7,9H,8,10-12H2,1-3H3. The van der Waals surface area contributed by atoms with Crippen LogP contribution in [-0.4, -0.2) is 35.2 Å². The molecule has 1 aromatic heterocycles. The highest BCUT2D eigenvalue weighted by atomic mass is 32.2. The van der Waals surface area contributed by atoms with E-state index in [9.17, 15) is 13.2 Å². The molecule has 1 aliphatic heterocycles. The summed E-state index contributed by atoms with van der Waals surface area (Å²) >= 11 is 3.36. The summed E-state index contributed by atoms with van der Waals surface area (Å²) in [5.74, 6) is 0.703. The van der Waals surface area contributed by atoms with Crippen molar-refractivity contribution in [1.82, 2.24) is 4.98 Å². The van der Waals surface area contributed by atoms with Crippen LogP contribution in [0.5, 0.6) is 5.75 Å². The van der Waals surface area contributed by atoms with Gasteiger partial charge in [0.15, 0.2) is 5.13 Å². The smallest absolute Gasteiger partial charge is 0.406 e. The fraction of sp³-hybridized carbons (Fsp3) is 0.400. The van der Waals surface area contributed by atoms with Crippen molar-refractivity contribution in [2.45, 2.75) is 33.6 Å². The normalized spacial score (nSPS) is 14.4. The zero-order valence-corrected chi connectivity index (χ0v) is 18.0. The molecule has 0 spiro atoms. The van der Waals surface area contributed by atoms with Gasteiger partial charge in [-0.3, -0.25) is 0 Å². The summed E-state index contributed by atoms with van der Waals surface area (Å²) in [4.78, 5) is 12.7. The van der Waals surface area contributed by atoms with E-state index < -0.39 is 6.36 Å². The van der Waals surface area contributed by atoms with Crippen molar-refractivity contribution in [2.75, 3.05) is 23.7 Å². The van der Waals surface area contributed by atoms with Gasteiger partial charge in [0.25, 0.3) is 0 Å². The summed E-state index contributed by atoms with van der Waals surface area (Å²) in [6, 6.07) is 6.02. The van der Waals surface area contributed by atoms with Crippen molar-refractivity contribution < 1.29 is 17.9 Å². The third kappa shape index (κ3) is 6.50. The van der Waals surface area contributed by atoms with Gasteiger partial charge < -0.3 is 9.64 Å². The zero-order valence-electron chi connectivity index (χ0n) is 16.4. The molecule has 0 fully saturated rings. The topological polar surface area (TPSA) is 37.7 Å². The number of rotatable bonds is 7. The molecule has 0 saturated heterocycles. The lowest BCUT2D eigenvalue weighted by atomic mass is 10.1. The van der Waals surface area contributed by atoms with Crippen LogP contribution >= 0.6 is 23.1 Å². The molecule has 0 unspecified atom stereocenters. The van der Waals surface area contributed by atoms with Gasteiger partial charge >= 0.3 is 6.36 Å². The summed E-state index contributed by atoms with van der Waals surface area (Å²) in [6.45, 7) is 7.38. The van der Waals surface area contributed by atoms with Gasteiger partial charge in [-0.05, 0) is 44.9 Å². The quantitative estimate of drug-likeness (QED) is 0.548. The van der Waals surface area contributed by atoms with E-state index in [0.717, 1.165) is 32.9 Å². The molecule has 0 atom stereocenters. The van der Waals surface area contributed by atoms with Gasteiger partial charge in [-0.15, -0.1) is 36.3 Å². The van der Waals surface area contributed by atoms with Gasteiger partial charge in [0, 0.05) is 17.2 Å². The highest BCUT2D eigenvalue weighted by molar-refractivity contribution is 8.14. The third-order valence-electron chi connectivity index (χ3n) is 4.38. The van der Waals surface area contributed by atoms with Crippen molar-refractivity contribution in [3.05, 3.63) is 52.2 Å². The Labute approximate surface area is 176 Å². The summed E-state index contributed by atoms with van der Waals surface area (Å²) in [7, 11) is 0. The number of thiazole rings is 1. The number of thioether (sulfide) groups is 1. The van der Waals surface area contributed by atoms with Gasteiger partial charge in [-0.2, -0.15) is 0 Å². The van der Waals surface area contributed by atoms with Crippen LogP contribution in [0.3, 0.4) is 0 Å². The number of anilines is 1.